The number of alkyl halides is 1. The van der Waals surface area contributed by atoms with E-state index in [9.17, 15) is 0 Å². The number of allylic oxidation sites excluding steroid dienone is 2. The Morgan fingerprint density at radius 1 is 0.800 bits per heavy atom. The fraction of sp³-hybridized carbons (Fsp3) is 0.889. The molecule has 20 heavy (non-hydrogen) atoms. The lowest BCUT2D eigenvalue weighted by molar-refractivity contribution is 0.286. The molecular weight excluding hydrogens is 268 g/mol. The predicted molar refractivity (Wildman–Crippen MR) is 91.6 cm³/mol. The summed E-state index contributed by atoms with van der Waals surface area (Å²) >= 11 is 5.86. The van der Waals surface area contributed by atoms with Gasteiger partial charge in [0.2, 0.25) is 0 Å². The van der Waals surface area contributed by atoms with Crippen molar-refractivity contribution < 1.29 is 5.11 Å². The molecule has 0 aromatic rings. The summed E-state index contributed by atoms with van der Waals surface area (Å²) in [5.41, 5.74) is 0. The van der Waals surface area contributed by atoms with E-state index in [1.165, 1.54) is 70.6 Å². The van der Waals surface area contributed by atoms with E-state index in [4.69, 9.17) is 16.7 Å². The summed E-state index contributed by atoms with van der Waals surface area (Å²) in [4.78, 5) is 0. The first kappa shape index (κ1) is 20.0. The van der Waals surface area contributed by atoms with Crippen LogP contribution in [0.1, 0.15) is 90.4 Å². The largest absolute Gasteiger partial charge is 0.395 e. The second-order valence-electron chi connectivity index (χ2n) is 5.80. The molecule has 0 spiro atoms. The third-order valence-electron chi connectivity index (χ3n) is 3.73. The first-order chi connectivity index (χ1) is 9.81. The Morgan fingerprint density at radius 2 is 1.30 bits per heavy atom. The Hall–Kier alpha value is -0.0100. The molecule has 1 atom stereocenters. The van der Waals surface area contributed by atoms with E-state index in [1.807, 2.05) is 0 Å². The summed E-state index contributed by atoms with van der Waals surface area (Å²) in [5.74, 6) is 0. The third-order valence-corrected chi connectivity index (χ3v) is 4.08. The molecule has 0 fully saturated rings. The minimum atomic E-state index is -0.0350. The molecule has 0 radical (unpaired) electrons. The summed E-state index contributed by atoms with van der Waals surface area (Å²) in [6.07, 6.45) is 21.4. The molecule has 0 amide bonds. The van der Waals surface area contributed by atoms with E-state index >= 15 is 0 Å². The van der Waals surface area contributed by atoms with Crippen LogP contribution in [-0.2, 0) is 0 Å². The van der Waals surface area contributed by atoms with Gasteiger partial charge < -0.3 is 5.11 Å². The van der Waals surface area contributed by atoms with E-state index < -0.39 is 0 Å². The molecule has 0 heterocycles. The molecule has 0 rings (SSSR count). The van der Waals surface area contributed by atoms with Gasteiger partial charge in [0, 0.05) is 0 Å². The highest BCUT2D eigenvalue weighted by molar-refractivity contribution is 6.20. The zero-order valence-electron chi connectivity index (χ0n) is 13.5. The molecule has 1 N–H and O–H groups in total. The minimum absolute atomic E-state index is 0.0350. The fourth-order valence-electron chi connectivity index (χ4n) is 2.35. The first-order valence-corrected chi connectivity index (χ1v) is 9.14. The first-order valence-electron chi connectivity index (χ1n) is 8.71. The average molecular weight is 303 g/mol. The molecule has 0 aromatic heterocycles. The van der Waals surface area contributed by atoms with Crippen LogP contribution < -0.4 is 0 Å². The predicted octanol–water partition coefficient (Wildman–Crippen LogP) is 6.23. The van der Waals surface area contributed by atoms with Crippen LogP contribution in [0, 0.1) is 0 Å². The van der Waals surface area contributed by atoms with Crippen molar-refractivity contribution in [3.63, 3.8) is 0 Å². The smallest absolute Gasteiger partial charge is 0.0595 e. The van der Waals surface area contributed by atoms with Crippen LogP contribution >= 0.6 is 11.6 Å². The van der Waals surface area contributed by atoms with Gasteiger partial charge in [-0.3, -0.25) is 0 Å². The molecule has 0 aliphatic rings. The number of hydrogen-bond acceptors (Lipinski definition) is 1. The quantitative estimate of drug-likeness (QED) is 0.216. The Balaban J connectivity index is 3.09. The Kier molecular flexibility index (Phi) is 17.0. The number of aliphatic hydroxyl groups excluding tert-OH is 1. The Morgan fingerprint density at radius 3 is 1.85 bits per heavy atom. The molecule has 1 nitrogen and oxygen atoms in total. The number of unbranched alkanes of at least 4 members (excludes halogenated alkanes) is 10. The van der Waals surface area contributed by atoms with Gasteiger partial charge in [-0.05, 0) is 32.1 Å². The van der Waals surface area contributed by atoms with Gasteiger partial charge in [-0.25, -0.2) is 0 Å². The van der Waals surface area contributed by atoms with Crippen LogP contribution in [0.2, 0.25) is 0 Å². The lowest BCUT2D eigenvalue weighted by Gasteiger charge is -2.04. The summed E-state index contributed by atoms with van der Waals surface area (Å²) in [6.45, 7) is 2.38. The highest BCUT2D eigenvalue weighted by Crippen LogP contribution is 2.11. The maximum Gasteiger partial charge on any atom is 0.0595 e. The second-order valence-corrected chi connectivity index (χ2v) is 6.42. The third kappa shape index (κ3) is 16.0. The fourth-order valence-corrected chi connectivity index (χ4v) is 2.51. The van der Waals surface area contributed by atoms with E-state index in [1.54, 1.807) is 0 Å². The molecule has 2 heteroatoms. The zero-order chi connectivity index (χ0) is 14.9. The molecule has 0 bridgehead atoms. The maximum absolute atomic E-state index is 8.80. The van der Waals surface area contributed by atoms with Crippen LogP contribution in [0.25, 0.3) is 0 Å². The van der Waals surface area contributed by atoms with Crippen molar-refractivity contribution in [2.45, 2.75) is 95.8 Å². The van der Waals surface area contributed by atoms with Crippen molar-refractivity contribution in [3.8, 4) is 0 Å². The van der Waals surface area contributed by atoms with E-state index in [0.29, 0.717) is 0 Å². The number of aliphatic hydroxyl groups is 1. The molecular formula is C18H35ClO. The van der Waals surface area contributed by atoms with Crippen molar-refractivity contribution in [2.24, 2.45) is 0 Å². The molecule has 120 valence electrons. The average Bonchev–Trinajstić information content (AvgIpc) is 2.47. The topological polar surface area (TPSA) is 20.2 Å². The van der Waals surface area contributed by atoms with Crippen LogP contribution in [0.15, 0.2) is 12.2 Å². The monoisotopic (exact) mass is 302 g/mol. The minimum Gasteiger partial charge on any atom is -0.395 e. The van der Waals surface area contributed by atoms with Gasteiger partial charge in [0.25, 0.3) is 0 Å². The van der Waals surface area contributed by atoms with Gasteiger partial charge in [-0.15, -0.1) is 11.6 Å². The number of rotatable bonds is 15. The van der Waals surface area contributed by atoms with Gasteiger partial charge in [0.15, 0.2) is 0 Å². The van der Waals surface area contributed by atoms with E-state index in [0.717, 1.165) is 12.8 Å². The van der Waals surface area contributed by atoms with Crippen molar-refractivity contribution in [1.82, 2.24) is 0 Å². The normalized spacial score (nSPS) is 13.2. The van der Waals surface area contributed by atoms with Crippen LogP contribution in [0.4, 0.5) is 0 Å². The highest BCUT2D eigenvalue weighted by Gasteiger charge is 2.00. The number of halogens is 1. The van der Waals surface area contributed by atoms with Gasteiger partial charge >= 0.3 is 0 Å². The molecule has 0 saturated carbocycles. The van der Waals surface area contributed by atoms with Crippen molar-refractivity contribution >= 4 is 11.6 Å². The zero-order valence-corrected chi connectivity index (χ0v) is 14.2. The van der Waals surface area contributed by atoms with E-state index in [-0.39, 0.29) is 12.0 Å². The summed E-state index contributed by atoms with van der Waals surface area (Å²) < 4.78 is 0. The summed E-state index contributed by atoms with van der Waals surface area (Å²) in [5, 5.41) is 8.76. The lowest BCUT2D eigenvalue weighted by atomic mass is 10.1. The standard InChI is InChI=1S/C18H35ClO/c1-2-3-4-5-6-7-8-9-10-11-12-13-14-15-16-18(19)17-20/h9-10,18,20H,2-8,11-17H2,1H3/b10-9+. The Labute approximate surface area is 131 Å². The van der Waals surface area contributed by atoms with E-state index in [2.05, 4.69) is 19.1 Å². The maximum atomic E-state index is 8.80. The number of hydrogen-bond donors (Lipinski definition) is 1. The summed E-state index contributed by atoms with van der Waals surface area (Å²) in [6, 6.07) is 0. The highest BCUT2D eigenvalue weighted by atomic mass is 35.5. The molecule has 0 aliphatic carbocycles. The molecule has 0 aliphatic heterocycles. The van der Waals surface area contributed by atoms with Gasteiger partial charge in [-0.1, -0.05) is 70.4 Å². The second kappa shape index (κ2) is 17.0. The Bertz CT molecular complexity index is 204. The van der Waals surface area contributed by atoms with Gasteiger partial charge in [0.05, 0.1) is 12.0 Å². The van der Waals surface area contributed by atoms with Gasteiger partial charge in [-0.2, -0.15) is 0 Å². The van der Waals surface area contributed by atoms with Crippen molar-refractivity contribution in [3.05, 3.63) is 12.2 Å². The van der Waals surface area contributed by atoms with Gasteiger partial charge in [0.1, 0.15) is 0 Å². The lowest BCUT2D eigenvalue weighted by Crippen LogP contribution is -2.03. The van der Waals surface area contributed by atoms with Crippen molar-refractivity contribution in [1.29, 1.82) is 0 Å². The van der Waals surface area contributed by atoms with Crippen LogP contribution in [-0.4, -0.2) is 17.1 Å². The molecule has 0 aromatic carbocycles. The molecule has 0 saturated heterocycles. The summed E-state index contributed by atoms with van der Waals surface area (Å²) in [7, 11) is 0. The molecule has 1 unspecified atom stereocenters. The SMILES string of the molecule is CCCCCCCC/C=C/CCCCCCC(Cl)CO. The van der Waals surface area contributed by atoms with Crippen LogP contribution in [0.3, 0.4) is 0 Å². The van der Waals surface area contributed by atoms with Crippen LogP contribution in [0.5, 0.6) is 0 Å². The van der Waals surface area contributed by atoms with Crippen molar-refractivity contribution in [2.75, 3.05) is 6.61 Å².